The number of nitrogen functional groups attached to an aromatic ring is 1. The van der Waals surface area contributed by atoms with Gasteiger partial charge in [0.15, 0.2) is 0 Å². The number of nitrogens with two attached hydrogens (primary N) is 2. The molecule has 0 radical (unpaired) electrons. The number of phenolic OH excluding ortho intramolecular Hbond substituents is 1. The Labute approximate surface area is 81.5 Å². The van der Waals surface area contributed by atoms with E-state index in [-0.39, 0.29) is 17.5 Å². The van der Waals surface area contributed by atoms with Crippen molar-refractivity contribution in [1.29, 1.82) is 0 Å². The first kappa shape index (κ1) is 9.27. The summed E-state index contributed by atoms with van der Waals surface area (Å²) in [6.07, 6.45) is 2.50. The third-order valence-electron chi connectivity index (χ3n) is 2.75. The van der Waals surface area contributed by atoms with Crippen molar-refractivity contribution in [1.82, 2.24) is 0 Å². The molecule has 1 aromatic carbocycles. The van der Waals surface area contributed by atoms with Gasteiger partial charge in [0.05, 0.1) is 0 Å². The van der Waals surface area contributed by atoms with Gasteiger partial charge < -0.3 is 16.6 Å². The Morgan fingerprint density at radius 3 is 2.93 bits per heavy atom. The van der Waals surface area contributed by atoms with E-state index < -0.39 is 5.82 Å². The summed E-state index contributed by atoms with van der Waals surface area (Å²) >= 11 is 0. The molecule has 3 nitrogen and oxygen atoms in total. The van der Waals surface area contributed by atoms with Gasteiger partial charge in [-0.25, -0.2) is 4.39 Å². The van der Waals surface area contributed by atoms with Gasteiger partial charge in [0.2, 0.25) is 0 Å². The van der Waals surface area contributed by atoms with Gasteiger partial charge in [-0.05, 0) is 30.9 Å². The fourth-order valence-electron chi connectivity index (χ4n) is 2.00. The first-order valence-corrected chi connectivity index (χ1v) is 4.66. The van der Waals surface area contributed by atoms with Crippen molar-refractivity contribution in [2.45, 2.75) is 25.3 Å². The molecule has 14 heavy (non-hydrogen) atoms. The van der Waals surface area contributed by atoms with Crippen LogP contribution in [0.5, 0.6) is 5.75 Å². The minimum Gasteiger partial charge on any atom is -0.505 e. The molecule has 0 aromatic heterocycles. The number of hydrogen-bond donors (Lipinski definition) is 3. The molecule has 0 amide bonds. The van der Waals surface area contributed by atoms with Crippen LogP contribution in [0.25, 0.3) is 0 Å². The molecule has 2 rings (SSSR count). The third kappa shape index (κ3) is 1.23. The average Bonchev–Trinajstić information content (AvgIpc) is 2.14. The van der Waals surface area contributed by atoms with Crippen LogP contribution in [0.3, 0.4) is 0 Å². The highest BCUT2D eigenvalue weighted by atomic mass is 19.1. The Morgan fingerprint density at radius 2 is 2.21 bits per heavy atom. The van der Waals surface area contributed by atoms with Gasteiger partial charge in [-0.15, -0.1) is 0 Å². The number of rotatable bonds is 0. The number of fused-ring (bicyclic) bond motifs is 1. The molecule has 1 aliphatic rings. The molecule has 0 fully saturated rings. The molecule has 76 valence electrons. The van der Waals surface area contributed by atoms with Crippen LogP contribution < -0.4 is 11.5 Å². The molecule has 0 aliphatic heterocycles. The first-order chi connectivity index (χ1) is 6.61. The third-order valence-corrected chi connectivity index (χ3v) is 2.75. The van der Waals surface area contributed by atoms with Crippen molar-refractivity contribution < 1.29 is 9.50 Å². The number of anilines is 1. The van der Waals surface area contributed by atoms with Crippen molar-refractivity contribution in [3.63, 3.8) is 0 Å². The summed E-state index contributed by atoms with van der Waals surface area (Å²) in [6.45, 7) is 0. The maximum absolute atomic E-state index is 13.2. The Balaban J connectivity index is 2.64. The standard InChI is InChI=1S/C10H13FN2O/c11-6-4-5-2-1-3-7(12)8(5)10(14)9(6)13/h4,7,14H,1-3,12-13H2/t7-/m0/s1. The number of aromatic hydroxyl groups is 1. The van der Waals surface area contributed by atoms with Crippen molar-refractivity contribution >= 4 is 5.69 Å². The molecule has 0 bridgehead atoms. The molecule has 0 saturated heterocycles. The lowest BCUT2D eigenvalue weighted by Crippen LogP contribution is -2.18. The quantitative estimate of drug-likeness (QED) is 0.434. The summed E-state index contributed by atoms with van der Waals surface area (Å²) in [4.78, 5) is 0. The highest BCUT2D eigenvalue weighted by Crippen LogP contribution is 2.39. The fourth-order valence-corrected chi connectivity index (χ4v) is 2.00. The SMILES string of the molecule is Nc1c(F)cc2c(c1O)[C@@H](N)CCC2. The zero-order chi connectivity index (χ0) is 10.3. The zero-order valence-electron chi connectivity index (χ0n) is 7.76. The maximum atomic E-state index is 13.2. The van der Waals surface area contributed by atoms with E-state index in [2.05, 4.69) is 0 Å². The number of phenols is 1. The molecule has 5 N–H and O–H groups in total. The first-order valence-electron chi connectivity index (χ1n) is 4.66. The van der Waals surface area contributed by atoms with Gasteiger partial charge in [-0.2, -0.15) is 0 Å². The van der Waals surface area contributed by atoms with Gasteiger partial charge >= 0.3 is 0 Å². The minimum absolute atomic E-state index is 0.174. The number of halogens is 1. The maximum Gasteiger partial charge on any atom is 0.150 e. The molecule has 0 unspecified atom stereocenters. The van der Waals surface area contributed by atoms with Crippen LogP contribution in [-0.4, -0.2) is 5.11 Å². The summed E-state index contributed by atoms with van der Waals surface area (Å²) in [7, 11) is 0. The molecule has 0 heterocycles. The smallest absolute Gasteiger partial charge is 0.150 e. The van der Waals surface area contributed by atoms with Gasteiger partial charge in [0.1, 0.15) is 17.3 Å². The van der Waals surface area contributed by atoms with E-state index in [4.69, 9.17) is 11.5 Å². The molecule has 0 spiro atoms. The predicted molar refractivity (Wildman–Crippen MR) is 52.3 cm³/mol. The zero-order valence-corrected chi connectivity index (χ0v) is 7.76. The Kier molecular flexibility index (Phi) is 2.07. The van der Waals surface area contributed by atoms with E-state index >= 15 is 0 Å². The second kappa shape index (κ2) is 3.13. The second-order valence-electron chi connectivity index (χ2n) is 3.69. The van der Waals surface area contributed by atoms with E-state index in [1.54, 1.807) is 0 Å². The molecule has 0 saturated carbocycles. The van der Waals surface area contributed by atoms with Gasteiger partial charge in [0, 0.05) is 11.6 Å². The summed E-state index contributed by atoms with van der Waals surface area (Å²) in [5.74, 6) is -0.734. The number of aryl methyl sites for hydroxylation is 1. The molecular formula is C10H13FN2O. The summed E-state index contributed by atoms with van der Waals surface area (Å²) in [5, 5.41) is 9.65. The van der Waals surface area contributed by atoms with Gasteiger partial charge in [0.25, 0.3) is 0 Å². The van der Waals surface area contributed by atoms with E-state index in [0.29, 0.717) is 5.56 Å². The molecule has 1 atom stereocenters. The molecule has 1 aromatic rings. The van der Waals surface area contributed by atoms with Crippen LogP contribution >= 0.6 is 0 Å². The lowest BCUT2D eigenvalue weighted by Gasteiger charge is -2.24. The molecular weight excluding hydrogens is 183 g/mol. The Hall–Kier alpha value is -1.29. The highest BCUT2D eigenvalue weighted by Gasteiger charge is 2.23. The van der Waals surface area contributed by atoms with Crippen LogP contribution in [0.4, 0.5) is 10.1 Å². The summed E-state index contributed by atoms with van der Waals surface area (Å²) in [5.41, 5.74) is 12.4. The van der Waals surface area contributed by atoms with Crippen LogP contribution in [0.1, 0.15) is 30.0 Å². The average molecular weight is 196 g/mol. The summed E-state index contributed by atoms with van der Waals surface area (Å²) < 4.78 is 13.2. The lowest BCUT2D eigenvalue weighted by atomic mass is 9.87. The Bertz CT molecular complexity index is 379. The Morgan fingerprint density at radius 1 is 1.50 bits per heavy atom. The fraction of sp³-hybridized carbons (Fsp3) is 0.400. The van der Waals surface area contributed by atoms with E-state index in [1.165, 1.54) is 6.07 Å². The predicted octanol–water partition coefficient (Wildman–Crippen LogP) is 1.45. The van der Waals surface area contributed by atoms with E-state index in [1.807, 2.05) is 0 Å². The van der Waals surface area contributed by atoms with Crippen molar-refractivity contribution in [3.8, 4) is 5.75 Å². The van der Waals surface area contributed by atoms with Crippen LogP contribution in [0, 0.1) is 5.82 Å². The minimum atomic E-state index is -0.560. The number of hydrogen-bond acceptors (Lipinski definition) is 3. The molecule has 1 aliphatic carbocycles. The van der Waals surface area contributed by atoms with Crippen molar-refractivity contribution in [3.05, 3.63) is 23.0 Å². The normalized spacial score (nSPS) is 20.6. The summed E-state index contributed by atoms with van der Waals surface area (Å²) in [6, 6.07) is 1.16. The second-order valence-corrected chi connectivity index (χ2v) is 3.69. The lowest BCUT2D eigenvalue weighted by molar-refractivity contribution is 0.444. The van der Waals surface area contributed by atoms with E-state index in [0.717, 1.165) is 24.8 Å². The van der Waals surface area contributed by atoms with Gasteiger partial charge in [-0.1, -0.05) is 0 Å². The van der Waals surface area contributed by atoms with Crippen molar-refractivity contribution in [2.75, 3.05) is 5.73 Å². The molecule has 4 heteroatoms. The van der Waals surface area contributed by atoms with Gasteiger partial charge in [-0.3, -0.25) is 0 Å². The topological polar surface area (TPSA) is 72.3 Å². The monoisotopic (exact) mass is 196 g/mol. The van der Waals surface area contributed by atoms with Crippen molar-refractivity contribution in [2.24, 2.45) is 5.73 Å². The highest BCUT2D eigenvalue weighted by molar-refractivity contribution is 5.61. The van der Waals surface area contributed by atoms with E-state index in [9.17, 15) is 9.50 Å². The van der Waals surface area contributed by atoms with Crippen LogP contribution in [0.2, 0.25) is 0 Å². The van der Waals surface area contributed by atoms with Crippen LogP contribution in [0.15, 0.2) is 6.07 Å². The number of benzene rings is 1. The largest absolute Gasteiger partial charge is 0.505 e. The van der Waals surface area contributed by atoms with Crippen LogP contribution in [-0.2, 0) is 6.42 Å².